The first-order valence-corrected chi connectivity index (χ1v) is 10.2. The van der Waals surface area contributed by atoms with Crippen LogP contribution in [0, 0.1) is 17.8 Å². The lowest BCUT2D eigenvalue weighted by atomic mass is 9.84. The van der Waals surface area contributed by atoms with Crippen LogP contribution >= 0.6 is 12.4 Å². The molecule has 140 valence electrons. The molecule has 0 spiro atoms. The minimum atomic E-state index is -3.34. The smallest absolute Gasteiger partial charge is 0.232 e. The number of carbonyl (C=O) groups is 1. The van der Waals surface area contributed by atoms with E-state index in [1.165, 1.54) is 0 Å². The fourth-order valence-electron chi connectivity index (χ4n) is 4.11. The lowest BCUT2D eigenvalue weighted by molar-refractivity contribution is -0.121. The van der Waals surface area contributed by atoms with Gasteiger partial charge in [0, 0.05) is 11.7 Å². The number of nitrogens with two attached hydrogens (primary N) is 1. The maximum absolute atomic E-state index is 12.6. The largest absolute Gasteiger partial charge is 0.327 e. The van der Waals surface area contributed by atoms with E-state index < -0.39 is 10.0 Å². The van der Waals surface area contributed by atoms with E-state index in [1.807, 2.05) is 6.92 Å². The van der Waals surface area contributed by atoms with Gasteiger partial charge in [-0.3, -0.25) is 9.52 Å². The summed E-state index contributed by atoms with van der Waals surface area (Å²) in [4.78, 5) is 12.6. The van der Waals surface area contributed by atoms with Gasteiger partial charge in [-0.05, 0) is 55.7 Å². The number of hydrogen-bond acceptors (Lipinski definition) is 4. The van der Waals surface area contributed by atoms with E-state index in [9.17, 15) is 13.2 Å². The molecule has 2 bridgehead atoms. The van der Waals surface area contributed by atoms with Crippen LogP contribution in [0.3, 0.4) is 0 Å². The Bertz CT molecular complexity index is 724. The molecule has 0 saturated heterocycles. The van der Waals surface area contributed by atoms with Crippen LogP contribution in [0.2, 0.25) is 0 Å². The molecule has 1 aromatic rings. The molecule has 2 fully saturated rings. The van der Waals surface area contributed by atoms with E-state index in [0.717, 1.165) is 19.3 Å². The quantitative estimate of drug-likeness (QED) is 0.698. The SMILES string of the molecule is CCCS(=O)(=O)Nc1cccc(NC(=O)C2C3CCC(C3)C2N)c1.Cl. The minimum absolute atomic E-state index is 0. The number of rotatable bonds is 6. The fraction of sp³-hybridized carbons (Fsp3) is 0.588. The molecule has 25 heavy (non-hydrogen) atoms. The summed E-state index contributed by atoms with van der Waals surface area (Å²) < 4.78 is 26.2. The first-order valence-electron chi connectivity index (χ1n) is 8.56. The highest BCUT2D eigenvalue weighted by Gasteiger charge is 2.49. The number of anilines is 2. The van der Waals surface area contributed by atoms with Crippen LogP contribution in [-0.2, 0) is 14.8 Å². The van der Waals surface area contributed by atoms with Gasteiger partial charge in [-0.1, -0.05) is 13.0 Å². The maximum atomic E-state index is 12.6. The van der Waals surface area contributed by atoms with Gasteiger partial charge in [-0.15, -0.1) is 12.4 Å². The van der Waals surface area contributed by atoms with Crippen molar-refractivity contribution in [3.05, 3.63) is 24.3 Å². The van der Waals surface area contributed by atoms with Crippen molar-refractivity contribution in [3.8, 4) is 0 Å². The van der Waals surface area contributed by atoms with Crippen molar-refractivity contribution in [2.45, 2.75) is 38.6 Å². The van der Waals surface area contributed by atoms with Crippen LogP contribution in [0.5, 0.6) is 0 Å². The average molecular weight is 388 g/mol. The molecule has 0 radical (unpaired) electrons. The Hall–Kier alpha value is -1.31. The molecule has 6 nitrogen and oxygen atoms in total. The third-order valence-corrected chi connectivity index (χ3v) is 6.65. The molecule has 4 N–H and O–H groups in total. The van der Waals surface area contributed by atoms with E-state index in [0.29, 0.717) is 29.6 Å². The number of nitrogens with one attached hydrogen (secondary N) is 2. The van der Waals surface area contributed by atoms with Crippen LogP contribution in [0.25, 0.3) is 0 Å². The number of amides is 1. The van der Waals surface area contributed by atoms with Gasteiger partial charge in [0.1, 0.15) is 0 Å². The van der Waals surface area contributed by atoms with Gasteiger partial charge >= 0.3 is 0 Å². The Morgan fingerprint density at radius 2 is 1.92 bits per heavy atom. The van der Waals surface area contributed by atoms with E-state index in [1.54, 1.807) is 24.3 Å². The van der Waals surface area contributed by atoms with Gasteiger partial charge in [-0.2, -0.15) is 0 Å². The molecular formula is C17H26ClN3O3S. The van der Waals surface area contributed by atoms with Gasteiger partial charge < -0.3 is 11.1 Å². The summed E-state index contributed by atoms with van der Waals surface area (Å²) in [5.41, 5.74) is 7.26. The van der Waals surface area contributed by atoms with E-state index in [-0.39, 0.29) is 36.0 Å². The third-order valence-electron chi connectivity index (χ3n) is 5.16. The van der Waals surface area contributed by atoms with Gasteiger partial charge in [-0.25, -0.2) is 8.42 Å². The van der Waals surface area contributed by atoms with E-state index in [4.69, 9.17) is 5.73 Å². The predicted octanol–water partition coefficient (Wildman–Crippen LogP) is 2.57. The highest BCUT2D eigenvalue weighted by molar-refractivity contribution is 7.92. The Morgan fingerprint density at radius 3 is 2.56 bits per heavy atom. The molecule has 2 saturated carbocycles. The van der Waals surface area contributed by atoms with Crippen molar-refractivity contribution in [3.63, 3.8) is 0 Å². The summed E-state index contributed by atoms with van der Waals surface area (Å²) in [6.07, 6.45) is 3.81. The second-order valence-corrected chi connectivity index (χ2v) is 8.77. The van der Waals surface area contributed by atoms with Gasteiger partial charge in [0.15, 0.2) is 0 Å². The maximum Gasteiger partial charge on any atom is 0.232 e. The van der Waals surface area contributed by atoms with E-state index in [2.05, 4.69) is 10.0 Å². The Balaban J connectivity index is 0.00000225. The summed E-state index contributed by atoms with van der Waals surface area (Å²) in [5.74, 6) is 0.741. The second kappa shape index (κ2) is 7.93. The summed E-state index contributed by atoms with van der Waals surface area (Å²) in [5, 5.41) is 2.90. The number of sulfonamides is 1. The first kappa shape index (κ1) is 20.0. The third kappa shape index (κ3) is 4.46. The number of halogens is 1. The van der Waals surface area contributed by atoms with E-state index >= 15 is 0 Å². The zero-order chi connectivity index (χ0) is 17.3. The standard InChI is InChI=1S/C17H25N3O3S.ClH/c1-2-8-24(22,23)20-14-5-3-4-13(10-14)19-17(21)15-11-6-7-12(9-11)16(15)18;/h3-5,10-12,15-16,20H,2,6-9,18H2,1H3,(H,19,21);1H. The summed E-state index contributed by atoms with van der Waals surface area (Å²) in [7, 11) is -3.34. The average Bonchev–Trinajstić information content (AvgIpc) is 3.07. The zero-order valence-electron chi connectivity index (χ0n) is 14.3. The molecule has 4 unspecified atom stereocenters. The van der Waals surface area contributed by atoms with Crippen molar-refractivity contribution >= 4 is 39.7 Å². The molecule has 0 aliphatic heterocycles. The van der Waals surface area contributed by atoms with Crippen molar-refractivity contribution in [1.82, 2.24) is 0 Å². The van der Waals surface area contributed by atoms with Crippen LogP contribution in [0.4, 0.5) is 11.4 Å². The first-order chi connectivity index (χ1) is 11.4. The zero-order valence-corrected chi connectivity index (χ0v) is 15.9. The fourth-order valence-corrected chi connectivity index (χ4v) is 5.24. The Labute approximate surface area is 155 Å². The molecule has 2 aliphatic carbocycles. The molecule has 1 amide bonds. The molecular weight excluding hydrogens is 362 g/mol. The van der Waals surface area contributed by atoms with Crippen molar-refractivity contribution < 1.29 is 13.2 Å². The summed E-state index contributed by atoms with van der Waals surface area (Å²) in [6, 6.07) is 6.74. The summed E-state index contributed by atoms with van der Waals surface area (Å²) in [6.45, 7) is 1.81. The molecule has 2 aliphatic rings. The minimum Gasteiger partial charge on any atom is -0.327 e. The van der Waals surface area contributed by atoms with Gasteiger partial charge in [0.2, 0.25) is 15.9 Å². The predicted molar refractivity (Wildman–Crippen MR) is 102 cm³/mol. The monoisotopic (exact) mass is 387 g/mol. The molecule has 8 heteroatoms. The molecule has 3 rings (SSSR count). The molecule has 1 aromatic carbocycles. The highest BCUT2D eigenvalue weighted by atomic mass is 35.5. The molecule has 0 aromatic heterocycles. The molecule has 0 heterocycles. The number of carbonyl (C=O) groups excluding carboxylic acids is 1. The number of hydrogen-bond donors (Lipinski definition) is 3. The number of benzene rings is 1. The van der Waals surface area contributed by atoms with Gasteiger partial charge in [0.05, 0.1) is 17.4 Å². The lowest BCUT2D eigenvalue weighted by Gasteiger charge is -2.27. The lowest BCUT2D eigenvalue weighted by Crippen LogP contribution is -2.42. The highest BCUT2D eigenvalue weighted by Crippen LogP contribution is 2.47. The van der Waals surface area contributed by atoms with Crippen LogP contribution < -0.4 is 15.8 Å². The van der Waals surface area contributed by atoms with Crippen molar-refractivity contribution in [2.24, 2.45) is 23.5 Å². The van der Waals surface area contributed by atoms with Crippen molar-refractivity contribution in [2.75, 3.05) is 15.8 Å². The van der Waals surface area contributed by atoms with Crippen LogP contribution in [0.1, 0.15) is 32.6 Å². The van der Waals surface area contributed by atoms with Crippen LogP contribution in [0.15, 0.2) is 24.3 Å². The van der Waals surface area contributed by atoms with Crippen LogP contribution in [-0.4, -0.2) is 26.1 Å². The van der Waals surface area contributed by atoms with Gasteiger partial charge in [0.25, 0.3) is 0 Å². The Morgan fingerprint density at radius 1 is 1.24 bits per heavy atom. The Kier molecular flexibility index (Phi) is 6.35. The topological polar surface area (TPSA) is 101 Å². The summed E-state index contributed by atoms with van der Waals surface area (Å²) >= 11 is 0. The molecule has 4 atom stereocenters. The van der Waals surface area contributed by atoms with Crippen molar-refractivity contribution in [1.29, 1.82) is 0 Å². The number of fused-ring (bicyclic) bond motifs is 2. The second-order valence-electron chi connectivity index (χ2n) is 6.93. The normalized spacial score (nSPS) is 27.6.